The van der Waals surface area contributed by atoms with E-state index in [9.17, 15) is 13.2 Å². The summed E-state index contributed by atoms with van der Waals surface area (Å²) in [7, 11) is 1.52. The highest BCUT2D eigenvalue weighted by molar-refractivity contribution is 5.62. The van der Waals surface area contributed by atoms with Gasteiger partial charge in [0.2, 0.25) is 0 Å². The molecule has 0 unspecified atom stereocenters. The molecule has 1 aromatic heterocycles. The molecule has 2 aromatic rings. The van der Waals surface area contributed by atoms with Crippen LogP contribution in [0.4, 0.5) is 13.2 Å². The zero-order chi connectivity index (χ0) is 14.0. The molecule has 0 radical (unpaired) electrons. The summed E-state index contributed by atoms with van der Waals surface area (Å²) in [6.07, 6.45) is -2.87. The summed E-state index contributed by atoms with van der Waals surface area (Å²) in [6.45, 7) is 1.83. The molecule has 0 aliphatic heterocycles. The molecule has 1 heterocycles. The number of nitrogens with zero attached hydrogens (tertiary/aromatic N) is 2. The molecule has 1 aromatic carbocycles. The molecular weight excluding hydrogens is 257 g/mol. The van der Waals surface area contributed by atoms with Gasteiger partial charge < -0.3 is 4.74 Å². The summed E-state index contributed by atoms with van der Waals surface area (Å²) < 4.78 is 42.3. The van der Waals surface area contributed by atoms with Gasteiger partial charge in [-0.15, -0.1) is 0 Å². The second kappa shape index (κ2) is 4.87. The van der Waals surface area contributed by atoms with Crippen LogP contribution in [0.25, 0.3) is 11.4 Å². The van der Waals surface area contributed by atoms with Crippen LogP contribution in [0.3, 0.4) is 0 Å². The number of alkyl halides is 3. The second-order valence-corrected chi connectivity index (χ2v) is 3.97. The molecule has 2 rings (SSSR count). The zero-order valence-electron chi connectivity index (χ0n) is 10.3. The minimum atomic E-state index is -4.43. The van der Waals surface area contributed by atoms with E-state index < -0.39 is 11.7 Å². The van der Waals surface area contributed by atoms with Crippen molar-refractivity contribution in [3.8, 4) is 17.1 Å². The SMILES string of the molecule is COc1ccc(C)c(-c2ncc(C(F)(F)F)cn2)c1. The molecule has 6 heteroatoms. The Morgan fingerprint density at radius 2 is 1.74 bits per heavy atom. The Morgan fingerprint density at radius 3 is 2.26 bits per heavy atom. The minimum absolute atomic E-state index is 0.240. The van der Waals surface area contributed by atoms with Crippen LogP contribution in [0, 0.1) is 6.92 Å². The van der Waals surface area contributed by atoms with Crippen LogP contribution in [0.2, 0.25) is 0 Å². The molecular formula is C13H11F3N2O. The van der Waals surface area contributed by atoms with Crippen molar-refractivity contribution in [1.29, 1.82) is 0 Å². The summed E-state index contributed by atoms with van der Waals surface area (Å²) >= 11 is 0. The van der Waals surface area contributed by atoms with Gasteiger partial charge in [0.25, 0.3) is 0 Å². The van der Waals surface area contributed by atoms with Crippen molar-refractivity contribution in [2.24, 2.45) is 0 Å². The average Bonchev–Trinajstić information content (AvgIpc) is 2.38. The molecule has 0 amide bonds. The molecule has 0 saturated heterocycles. The molecule has 19 heavy (non-hydrogen) atoms. The number of hydrogen-bond donors (Lipinski definition) is 0. The fraction of sp³-hybridized carbons (Fsp3) is 0.231. The third-order valence-electron chi connectivity index (χ3n) is 2.66. The van der Waals surface area contributed by atoms with Gasteiger partial charge in [0, 0.05) is 18.0 Å². The molecule has 3 nitrogen and oxygen atoms in total. The van der Waals surface area contributed by atoms with Crippen LogP contribution in [0.1, 0.15) is 11.1 Å². The largest absolute Gasteiger partial charge is 0.497 e. The van der Waals surface area contributed by atoms with Gasteiger partial charge in [0.1, 0.15) is 5.75 Å². The Morgan fingerprint density at radius 1 is 1.11 bits per heavy atom. The summed E-state index contributed by atoms with van der Waals surface area (Å²) in [5.74, 6) is 0.841. The first-order valence-electron chi connectivity index (χ1n) is 5.46. The normalized spacial score (nSPS) is 11.4. The molecule has 0 aliphatic carbocycles. The fourth-order valence-electron chi connectivity index (χ4n) is 1.58. The van der Waals surface area contributed by atoms with Gasteiger partial charge in [-0.05, 0) is 24.6 Å². The van der Waals surface area contributed by atoms with Crippen LogP contribution in [0.5, 0.6) is 5.75 Å². The van der Waals surface area contributed by atoms with Crippen LogP contribution in [0.15, 0.2) is 30.6 Å². The van der Waals surface area contributed by atoms with E-state index in [1.54, 1.807) is 18.2 Å². The van der Waals surface area contributed by atoms with Crippen molar-refractivity contribution in [2.45, 2.75) is 13.1 Å². The number of rotatable bonds is 2. The van der Waals surface area contributed by atoms with E-state index >= 15 is 0 Å². The predicted molar refractivity (Wildman–Crippen MR) is 63.8 cm³/mol. The topological polar surface area (TPSA) is 35.0 Å². The summed E-state index contributed by atoms with van der Waals surface area (Å²) in [5.41, 5.74) is 0.644. The van der Waals surface area contributed by atoms with E-state index in [1.165, 1.54) is 7.11 Å². The van der Waals surface area contributed by atoms with Gasteiger partial charge in [0.05, 0.1) is 12.7 Å². The van der Waals surface area contributed by atoms with E-state index in [1.807, 2.05) is 6.92 Å². The van der Waals surface area contributed by atoms with E-state index in [-0.39, 0.29) is 5.82 Å². The van der Waals surface area contributed by atoms with Gasteiger partial charge >= 0.3 is 6.18 Å². The Hall–Kier alpha value is -2.11. The Labute approximate surface area is 108 Å². The minimum Gasteiger partial charge on any atom is -0.497 e. The molecule has 0 bridgehead atoms. The van der Waals surface area contributed by atoms with E-state index in [0.29, 0.717) is 11.3 Å². The van der Waals surface area contributed by atoms with Gasteiger partial charge in [-0.1, -0.05) is 6.07 Å². The Bertz CT molecular complexity index is 579. The first-order valence-corrected chi connectivity index (χ1v) is 5.46. The van der Waals surface area contributed by atoms with Crippen molar-refractivity contribution in [3.05, 3.63) is 41.7 Å². The van der Waals surface area contributed by atoms with Crippen LogP contribution in [-0.4, -0.2) is 17.1 Å². The van der Waals surface area contributed by atoms with Crippen molar-refractivity contribution in [3.63, 3.8) is 0 Å². The number of aryl methyl sites for hydroxylation is 1. The summed E-state index contributed by atoms with van der Waals surface area (Å²) in [5, 5.41) is 0. The standard InChI is InChI=1S/C13H11F3N2O/c1-8-3-4-10(19-2)5-11(8)12-17-6-9(7-18-12)13(14,15)16/h3-7H,1-2H3. The number of halogens is 3. The lowest BCUT2D eigenvalue weighted by Crippen LogP contribution is -2.06. The fourth-order valence-corrected chi connectivity index (χ4v) is 1.58. The van der Waals surface area contributed by atoms with Crippen molar-refractivity contribution >= 4 is 0 Å². The first kappa shape index (κ1) is 13.3. The lowest BCUT2D eigenvalue weighted by Gasteiger charge is -2.09. The maximum absolute atomic E-state index is 12.4. The molecule has 0 aliphatic rings. The average molecular weight is 268 g/mol. The maximum atomic E-state index is 12.4. The monoisotopic (exact) mass is 268 g/mol. The van der Waals surface area contributed by atoms with Gasteiger partial charge in [-0.25, -0.2) is 9.97 Å². The number of aromatic nitrogens is 2. The Balaban J connectivity index is 2.42. The predicted octanol–water partition coefficient (Wildman–Crippen LogP) is 3.48. The summed E-state index contributed by atoms with van der Waals surface area (Å²) in [4.78, 5) is 7.53. The third-order valence-corrected chi connectivity index (χ3v) is 2.66. The second-order valence-electron chi connectivity index (χ2n) is 3.97. The first-order chi connectivity index (χ1) is 8.91. The van der Waals surface area contributed by atoms with E-state index in [0.717, 1.165) is 18.0 Å². The number of methoxy groups -OCH3 is 1. The molecule has 0 N–H and O–H groups in total. The molecule has 0 saturated carbocycles. The number of ether oxygens (including phenoxy) is 1. The zero-order valence-corrected chi connectivity index (χ0v) is 10.3. The lowest BCUT2D eigenvalue weighted by molar-refractivity contribution is -0.138. The Kier molecular flexibility index (Phi) is 3.42. The summed E-state index contributed by atoms with van der Waals surface area (Å²) in [6, 6.07) is 5.26. The van der Waals surface area contributed by atoms with Crippen LogP contribution in [-0.2, 0) is 6.18 Å². The van der Waals surface area contributed by atoms with Gasteiger partial charge in [0.15, 0.2) is 5.82 Å². The van der Waals surface area contributed by atoms with Crippen molar-refractivity contribution in [1.82, 2.24) is 9.97 Å². The van der Waals surface area contributed by atoms with Gasteiger partial charge in [-0.3, -0.25) is 0 Å². The lowest BCUT2D eigenvalue weighted by atomic mass is 10.1. The smallest absolute Gasteiger partial charge is 0.419 e. The molecule has 0 spiro atoms. The number of hydrogen-bond acceptors (Lipinski definition) is 3. The third kappa shape index (κ3) is 2.83. The van der Waals surface area contributed by atoms with E-state index in [4.69, 9.17) is 4.74 Å². The number of benzene rings is 1. The van der Waals surface area contributed by atoms with Crippen molar-refractivity contribution in [2.75, 3.05) is 7.11 Å². The molecule has 100 valence electrons. The molecule has 0 atom stereocenters. The van der Waals surface area contributed by atoms with Crippen molar-refractivity contribution < 1.29 is 17.9 Å². The van der Waals surface area contributed by atoms with Gasteiger partial charge in [-0.2, -0.15) is 13.2 Å². The highest BCUT2D eigenvalue weighted by Gasteiger charge is 2.31. The van der Waals surface area contributed by atoms with Crippen LogP contribution < -0.4 is 4.74 Å². The van der Waals surface area contributed by atoms with Crippen LogP contribution >= 0.6 is 0 Å². The highest BCUT2D eigenvalue weighted by Crippen LogP contribution is 2.30. The maximum Gasteiger partial charge on any atom is 0.419 e. The quantitative estimate of drug-likeness (QED) is 0.836. The van der Waals surface area contributed by atoms with E-state index in [2.05, 4.69) is 9.97 Å². The highest BCUT2D eigenvalue weighted by atomic mass is 19.4. The molecule has 0 fully saturated rings.